The van der Waals surface area contributed by atoms with Gasteiger partial charge in [0, 0.05) is 11.1 Å². The van der Waals surface area contributed by atoms with Gasteiger partial charge < -0.3 is 13.8 Å². The molecule has 0 spiro atoms. The summed E-state index contributed by atoms with van der Waals surface area (Å²) in [4.78, 5) is 0. The molecule has 0 radical (unpaired) electrons. The molecule has 0 saturated heterocycles. The third kappa shape index (κ3) is 6.66. The molecule has 0 bridgehead atoms. The van der Waals surface area contributed by atoms with Crippen LogP contribution in [0.3, 0.4) is 0 Å². The second kappa shape index (κ2) is 11.8. The van der Waals surface area contributed by atoms with Gasteiger partial charge in [0.05, 0.1) is 6.26 Å². The fourth-order valence-corrected chi connectivity index (χ4v) is 4.88. The van der Waals surface area contributed by atoms with Crippen molar-refractivity contribution in [2.75, 3.05) is 0 Å². The van der Waals surface area contributed by atoms with E-state index in [1.54, 1.807) is 25.3 Å². The van der Waals surface area contributed by atoms with Crippen molar-refractivity contribution in [3.63, 3.8) is 0 Å². The van der Waals surface area contributed by atoms with Gasteiger partial charge in [-0.15, -0.1) is 0 Å². The maximum absolute atomic E-state index is 14.2. The van der Waals surface area contributed by atoms with Gasteiger partial charge in [0.2, 0.25) is 6.29 Å². The summed E-state index contributed by atoms with van der Waals surface area (Å²) >= 11 is 0. The van der Waals surface area contributed by atoms with Crippen LogP contribution in [0.1, 0.15) is 20.8 Å². The van der Waals surface area contributed by atoms with Gasteiger partial charge in [-0.1, -0.05) is 97.1 Å². The third-order valence-electron chi connectivity index (χ3n) is 5.14. The van der Waals surface area contributed by atoms with Gasteiger partial charge in [0.15, 0.2) is 0 Å². The number of phosphoric acid groups is 1. The first kappa shape index (κ1) is 25.3. The minimum Gasteiger partial charge on any atom is -0.472 e. The van der Waals surface area contributed by atoms with Gasteiger partial charge in [-0.3, -0.25) is 0 Å². The number of para-hydroxylation sites is 2. The maximum Gasteiger partial charge on any atom is 0.590 e. The van der Waals surface area contributed by atoms with E-state index in [0.717, 1.165) is 27.8 Å². The summed E-state index contributed by atoms with van der Waals surface area (Å²) in [5.41, 5.74) is 4.29. The topological polar surface area (TPSA) is 54.0 Å². The van der Waals surface area contributed by atoms with Crippen molar-refractivity contribution in [2.24, 2.45) is 0 Å². The van der Waals surface area contributed by atoms with Gasteiger partial charge in [-0.05, 0) is 49.6 Å². The predicted octanol–water partition coefficient (Wildman–Crippen LogP) is 8.89. The van der Waals surface area contributed by atoms with Gasteiger partial charge >= 0.3 is 7.82 Å². The molecular weight excluding hydrogens is 471 g/mol. The highest BCUT2D eigenvalue weighted by Crippen LogP contribution is 2.53. The van der Waals surface area contributed by atoms with E-state index in [-0.39, 0.29) is 0 Å². The number of hydrogen-bond donors (Lipinski definition) is 0. The fourth-order valence-electron chi connectivity index (χ4n) is 3.55. The Morgan fingerprint density at radius 2 is 1.08 bits per heavy atom. The van der Waals surface area contributed by atoms with Crippen molar-refractivity contribution < 1.29 is 22.9 Å². The second-order valence-electron chi connectivity index (χ2n) is 8.36. The summed E-state index contributed by atoms with van der Waals surface area (Å²) in [5, 5.41) is 0. The Morgan fingerprint density at radius 3 is 1.53 bits per heavy atom. The van der Waals surface area contributed by atoms with E-state index in [1.807, 2.05) is 111 Å². The lowest BCUT2D eigenvalue weighted by molar-refractivity contribution is -0.0298. The first-order valence-electron chi connectivity index (χ1n) is 11.7. The summed E-state index contributed by atoms with van der Waals surface area (Å²) in [6, 6.07) is 34.1. The van der Waals surface area contributed by atoms with Gasteiger partial charge in [-0.25, -0.2) is 9.09 Å². The van der Waals surface area contributed by atoms with Crippen LogP contribution in [-0.4, -0.2) is 6.29 Å². The van der Waals surface area contributed by atoms with Gasteiger partial charge in [0.25, 0.3) is 0 Å². The van der Waals surface area contributed by atoms with Crippen LogP contribution >= 0.6 is 7.82 Å². The van der Waals surface area contributed by atoms with E-state index < -0.39 is 14.1 Å². The molecule has 4 aromatic carbocycles. The molecule has 0 heterocycles. The molecule has 0 saturated carbocycles. The molecule has 4 rings (SSSR count). The zero-order chi connectivity index (χ0) is 25.4. The molecule has 1 atom stereocenters. The largest absolute Gasteiger partial charge is 0.590 e. The quantitative estimate of drug-likeness (QED) is 0.124. The van der Waals surface area contributed by atoms with Crippen molar-refractivity contribution in [3.05, 3.63) is 121 Å². The number of allylic oxidation sites excluding steroid dienone is 1. The predicted molar refractivity (Wildman–Crippen MR) is 144 cm³/mol. The Kier molecular flexibility index (Phi) is 8.27. The van der Waals surface area contributed by atoms with Crippen LogP contribution in [0.5, 0.6) is 11.5 Å². The van der Waals surface area contributed by atoms with Gasteiger partial charge in [0.1, 0.15) is 11.5 Å². The molecule has 0 aliphatic rings. The number of hydrogen-bond acceptors (Lipinski definition) is 5. The molecule has 0 aromatic heterocycles. The van der Waals surface area contributed by atoms with Gasteiger partial charge in [-0.2, -0.15) is 0 Å². The summed E-state index contributed by atoms with van der Waals surface area (Å²) in [6.45, 7) is 5.43. The van der Waals surface area contributed by atoms with Crippen LogP contribution in [0.2, 0.25) is 0 Å². The molecule has 6 heteroatoms. The lowest BCUT2D eigenvalue weighted by atomic mass is 10.1. The first-order valence-corrected chi connectivity index (χ1v) is 13.1. The summed E-state index contributed by atoms with van der Waals surface area (Å²) < 4.78 is 37.8. The minimum atomic E-state index is -4.23. The van der Waals surface area contributed by atoms with E-state index in [2.05, 4.69) is 0 Å². The normalized spacial score (nSPS) is 11.9. The Balaban J connectivity index is 1.72. The third-order valence-corrected chi connectivity index (χ3v) is 6.53. The Morgan fingerprint density at radius 1 is 0.667 bits per heavy atom. The lowest BCUT2D eigenvalue weighted by Crippen LogP contribution is -2.14. The molecular formula is C30H29O5P. The number of ether oxygens (including phenoxy) is 1. The Bertz CT molecular complexity index is 1260. The van der Waals surface area contributed by atoms with Crippen LogP contribution in [0.4, 0.5) is 0 Å². The van der Waals surface area contributed by atoms with Crippen LogP contribution in [0, 0.1) is 0 Å². The SMILES string of the molecule is CC(C)=COC(C)OP(=O)(Oc1ccccc1-c1ccccc1)Oc1ccccc1-c1ccccc1. The van der Waals surface area contributed by atoms with Crippen molar-refractivity contribution in [3.8, 4) is 33.8 Å². The van der Waals surface area contributed by atoms with Crippen molar-refractivity contribution in [2.45, 2.75) is 27.1 Å². The highest BCUT2D eigenvalue weighted by molar-refractivity contribution is 7.49. The highest BCUT2D eigenvalue weighted by Gasteiger charge is 2.35. The highest BCUT2D eigenvalue weighted by atomic mass is 31.2. The van der Waals surface area contributed by atoms with Crippen LogP contribution in [-0.2, 0) is 13.8 Å². The number of rotatable bonds is 10. The van der Waals surface area contributed by atoms with E-state index in [1.165, 1.54) is 0 Å². The van der Waals surface area contributed by atoms with E-state index >= 15 is 0 Å². The summed E-state index contributed by atoms with van der Waals surface area (Å²) in [5.74, 6) is 0.747. The molecule has 0 fully saturated rings. The van der Waals surface area contributed by atoms with Crippen molar-refractivity contribution in [1.29, 1.82) is 0 Å². The molecule has 0 N–H and O–H groups in total. The van der Waals surface area contributed by atoms with Crippen molar-refractivity contribution >= 4 is 7.82 Å². The average molecular weight is 501 g/mol. The lowest BCUT2D eigenvalue weighted by Gasteiger charge is -2.24. The van der Waals surface area contributed by atoms with Crippen LogP contribution in [0.15, 0.2) is 121 Å². The van der Waals surface area contributed by atoms with Crippen LogP contribution in [0.25, 0.3) is 22.3 Å². The monoisotopic (exact) mass is 500 g/mol. The van der Waals surface area contributed by atoms with E-state index in [9.17, 15) is 4.57 Å². The average Bonchev–Trinajstić information content (AvgIpc) is 2.89. The molecule has 1 unspecified atom stereocenters. The second-order valence-corrected chi connectivity index (χ2v) is 9.83. The Labute approximate surface area is 212 Å². The minimum absolute atomic E-state index is 0.374. The summed E-state index contributed by atoms with van der Waals surface area (Å²) in [7, 11) is -4.23. The number of phosphoric ester groups is 1. The molecule has 0 aliphatic heterocycles. The molecule has 0 aliphatic carbocycles. The van der Waals surface area contributed by atoms with Crippen LogP contribution < -0.4 is 9.05 Å². The molecule has 4 aromatic rings. The molecule has 0 amide bonds. The summed E-state index contributed by atoms with van der Waals surface area (Å²) in [6.07, 6.45) is 0.656. The molecule has 5 nitrogen and oxygen atoms in total. The fraction of sp³-hybridized carbons (Fsp3) is 0.133. The van der Waals surface area contributed by atoms with E-state index in [0.29, 0.717) is 11.5 Å². The zero-order valence-electron chi connectivity index (χ0n) is 20.5. The van der Waals surface area contributed by atoms with Crippen molar-refractivity contribution in [1.82, 2.24) is 0 Å². The number of benzene rings is 4. The molecule has 184 valence electrons. The zero-order valence-corrected chi connectivity index (χ0v) is 21.4. The van der Waals surface area contributed by atoms with E-state index in [4.69, 9.17) is 18.3 Å². The standard InChI is InChI=1S/C30H29O5P/c1-23(2)22-32-24(3)33-36(31,34-29-20-12-10-18-27(29)25-14-6-4-7-15-25)35-30-21-13-11-19-28(30)26-16-8-5-9-17-26/h4-22,24H,1-3H3. The maximum atomic E-state index is 14.2. The smallest absolute Gasteiger partial charge is 0.472 e. The Hall–Kier alpha value is -3.79. The molecule has 36 heavy (non-hydrogen) atoms. The first-order chi connectivity index (χ1) is 17.4.